The number of benzene rings is 1. The summed E-state index contributed by atoms with van der Waals surface area (Å²) in [6.07, 6.45) is 1.36. The molecular formula is C11H11N5O2S2. The Morgan fingerprint density at radius 1 is 1.35 bits per heavy atom. The van der Waals surface area contributed by atoms with E-state index in [1.807, 2.05) is 0 Å². The maximum absolute atomic E-state index is 12.3. The van der Waals surface area contributed by atoms with Gasteiger partial charge in [-0.2, -0.15) is 8.42 Å². The number of imidazole rings is 1. The van der Waals surface area contributed by atoms with Crippen molar-refractivity contribution >= 4 is 43.1 Å². The quantitative estimate of drug-likeness (QED) is 0.761. The number of fused-ring (bicyclic) bond motifs is 1. The number of aromatic nitrogens is 3. The molecule has 0 radical (unpaired) electrons. The second-order valence-corrected chi connectivity index (χ2v) is 6.67. The maximum Gasteiger partial charge on any atom is 0.281 e. The summed E-state index contributed by atoms with van der Waals surface area (Å²) < 4.78 is 29.4. The van der Waals surface area contributed by atoms with Gasteiger partial charge in [-0.25, -0.2) is 9.97 Å². The van der Waals surface area contributed by atoms with Gasteiger partial charge in [0.2, 0.25) is 0 Å². The summed E-state index contributed by atoms with van der Waals surface area (Å²) in [6, 6.07) is 5.15. The van der Waals surface area contributed by atoms with E-state index in [-0.39, 0.29) is 10.8 Å². The van der Waals surface area contributed by atoms with Crippen LogP contribution in [-0.2, 0) is 17.1 Å². The molecular weight excluding hydrogens is 298 g/mol. The monoisotopic (exact) mass is 309 g/mol. The highest BCUT2D eigenvalue weighted by molar-refractivity contribution is 7.92. The zero-order chi connectivity index (χ0) is 14.3. The van der Waals surface area contributed by atoms with Crippen molar-refractivity contribution in [1.29, 1.82) is 0 Å². The average molecular weight is 309 g/mol. The Labute approximate surface area is 119 Å². The van der Waals surface area contributed by atoms with Crippen molar-refractivity contribution in [1.82, 2.24) is 14.5 Å². The molecule has 0 spiro atoms. The first-order chi connectivity index (χ1) is 9.47. The molecule has 0 aliphatic heterocycles. The van der Waals surface area contributed by atoms with Crippen molar-refractivity contribution in [2.45, 2.75) is 5.03 Å². The molecule has 0 aliphatic rings. The number of aryl methyl sites for hydroxylation is 1. The van der Waals surface area contributed by atoms with Gasteiger partial charge >= 0.3 is 0 Å². The first-order valence-electron chi connectivity index (χ1n) is 5.60. The van der Waals surface area contributed by atoms with Crippen molar-refractivity contribution in [2.24, 2.45) is 7.05 Å². The van der Waals surface area contributed by atoms with Crippen molar-refractivity contribution in [3.05, 3.63) is 30.0 Å². The average Bonchev–Trinajstić information content (AvgIpc) is 2.95. The number of hydrogen-bond donors (Lipinski definition) is 2. The molecule has 9 heteroatoms. The minimum Gasteiger partial charge on any atom is -0.381 e. The molecule has 0 atom stereocenters. The number of nitrogens with one attached hydrogen (secondary N) is 1. The Morgan fingerprint density at radius 3 is 2.85 bits per heavy atom. The number of thiazole rings is 1. The molecule has 104 valence electrons. The highest BCUT2D eigenvalue weighted by atomic mass is 32.2. The van der Waals surface area contributed by atoms with E-state index >= 15 is 0 Å². The zero-order valence-corrected chi connectivity index (χ0v) is 12.1. The molecule has 0 amide bonds. The van der Waals surface area contributed by atoms with Crippen LogP contribution >= 0.6 is 11.3 Å². The van der Waals surface area contributed by atoms with Crippen molar-refractivity contribution in [2.75, 3.05) is 10.5 Å². The van der Waals surface area contributed by atoms with Gasteiger partial charge in [0, 0.05) is 7.05 Å². The lowest BCUT2D eigenvalue weighted by atomic mass is 10.3. The van der Waals surface area contributed by atoms with E-state index in [2.05, 4.69) is 14.7 Å². The van der Waals surface area contributed by atoms with E-state index in [9.17, 15) is 8.42 Å². The maximum atomic E-state index is 12.3. The number of rotatable bonds is 3. The predicted molar refractivity (Wildman–Crippen MR) is 78.0 cm³/mol. The first kappa shape index (κ1) is 12.9. The highest BCUT2D eigenvalue weighted by Crippen LogP contribution is 2.25. The third-order valence-corrected chi connectivity index (χ3v) is 5.05. The van der Waals surface area contributed by atoms with Gasteiger partial charge in [0.25, 0.3) is 10.0 Å². The second kappa shape index (κ2) is 4.46. The van der Waals surface area contributed by atoms with E-state index < -0.39 is 10.0 Å². The minimum absolute atomic E-state index is 0.0288. The third kappa shape index (κ3) is 2.10. The van der Waals surface area contributed by atoms with Crippen LogP contribution in [0.4, 0.5) is 11.5 Å². The van der Waals surface area contributed by atoms with Crippen LogP contribution in [0.5, 0.6) is 0 Å². The molecule has 3 aromatic rings. The van der Waals surface area contributed by atoms with E-state index in [1.54, 1.807) is 30.8 Å². The normalized spacial score (nSPS) is 11.8. The number of nitrogen functional groups attached to an aromatic ring is 1. The SMILES string of the molecule is Cn1cnc(N)c1S(=O)(=O)Nc1ccc2ncsc2c1. The van der Waals surface area contributed by atoms with Gasteiger partial charge in [-0.1, -0.05) is 0 Å². The third-order valence-electron chi connectivity index (χ3n) is 2.75. The number of hydrogen-bond acceptors (Lipinski definition) is 6. The van der Waals surface area contributed by atoms with Crippen LogP contribution in [0.2, 0.25) is 0 Å². The molecule has 0 saturated heterocycles. The van der Waals surface area contributed by atoms with E-state index in [4.69, 9.17) is 5.73 Å². The molecule has 0 saturated carbocycles. The smallest absolute Gasteiger partial charge is 0.281 e. The van der Waals surface area contributed by atoms with Gasteiger partial charge in [-0.05, 0) is 18.2 Å². The van der Waals surface area contributed by atoms with Crippen LogP contribution in [0.15, 0.2) is 35.1 Å². The predicted octanol–water partition coefficient (Wildman–Crippen LogP) is 1.41. The molecule has 0 unspecified atom stereocenters. The summed E-state index contributed by atoms with van der Waals surface area (Å²) in [7, 11) is -2.20. The fourth-order valence-corrected chi connectivity index (χ4v) is 3.89. The lowest BCUT2D eigenvalue weighted by Gasteiger charge is -2.09. The van der Waals surface area contributed by atoms with E-state index in [0.717, 1.165) is 10.2 Å². The fraction of sp³-hybridized carbons (Fsp3) is 0.0909. The largest absolute Gasteiger partial charge is 0.381 e. The lowest BCUT2D eigenvalue weighted by Crippen LogP contribution is -2.17. The molecule has 1 aromatic carbocycles. The Kier molecular flexibility index (Phi) is 2.87. The molecule has 20 heavy (non-hydrogen) atoms. The Balaban J connectivity index is 2.01. The number of nitrogens with two attached hydrogens (primary N) is 1. The number of sulfonamides is 1. The molecule has 0 fully saturated rings. The number of anilines is 2. The van der Waals surface area contributed by atoms with E-state index in [1.165, 1.54) is 22.2 Å². The second-order valence-electron chi connectivity index (χ2n) is 4.19. The Morgan fingerprint density at radius 2 is 2.15 bits per heavy atom. The molecule has 7 nitrogen and oxygen atoms in total. The lowest BCUT2D eigenvalue weighted by molar-refractivity contribution is 0.592. The van der Waals surface area contributed by atoms with Crippen LogP contribution < -0.4 is 10.5 Å². The molecule has 3 N–H and O–H groups in total. The standard InChI is InChI=1S/C11H11N5O2S2/c1-16-5-13-10(12)11(16)20(17,18)15-7-2-3-8-9(4-7)19-6-14-8/h2-6,15H,12H2,1H3. The van der Waals surface area contributed by atoms with Crippen molar-refractivity contribution in [3.63, 3.8) is 0 Å². The van der Waals surface area contributed by atoms with E-state index in [0.29, 0.717) is 5.69 Å². The highest BCUT2D eigenvalue weighted by Gasteiger charge is 2.22. The van der Waals surface area contributed by atoms with Gasteiger partial charge in [-0.3, -0.25) is 4.72 Å². The Hall–Kier alpha value is -2.13. The van der Waals surface area contributed by atoms with Crippen molar-refractivity contribution in [3.8, 4) is 0 Å². The summed E-state index contributed by atoms with van der Waals surface area (Å²) >= 11 is 1.44. The molecule has 0 bridgehead atoms. The summed E-state index contributed by atoms with van der Waals surface area (Å²) in [6.45, 7) is 0. The molecule has 2 heterocycles. The van der Waals surface area contributed by atoms with Crippen LogP contribution in [-0.4, -0.2) is 23.0 Å². The summed E-state index contributed by atoms with van der Waals surface area (Å²) in [5.41, 5.74) is 8.60. The first-order valence-corrected chi connectivity index (χ1v) is 7.96. The summed E-state index contributed by atoms with van der Waals surface area (Å²) in [5, 5.41) is -0.0538. The molecule has 2 aromatic heterocycles. The van der Waals surface area contributed by atoms with Gasteiger partial charge in [0.05, 0.1) is 27.7 Å². The van der Waals surface area contributed by atoms with Crippen LogP contribution in [0, 0.1) is 0 Å². The van der Waals surface area contributed by atoms with Gasteiger partial charge < -0.3 is 10.3 Å². The van der Waals surface area contributed by atoms with Crippen LogP contribution in [0.25, 0.3) is 10.2 Å². The van der Waals surface area contributed by atoms with Gasteiger partial charge in [-0.15, -0.1) is 11.3 Å². The van der Waals surface area contributed by atoms with Crippen LogP contribution in [0.3, 0.4) is 0 Å². The minimum atomic E-state index is -3.77. The topological polar surface area (TPSA) is 103 Å². The zero-order valence-electron chi connectivity index (χ0n) is 10.4. The summed E-state index contributed by atoms with van der Waals surface area (Å²) in [4.78, 5) is 7.92. The molecule has 0 aliphatic carbocycles. The summed E-state index contributed by atoms with van der Waals surface area (Å²) in [5.74, 6) is -0.0288. The van der Waals surface area contributed by atoms with Crippen molar-refractivity contribution < 1.29 is 8.42 Å². The number of nitrogens with zero attached hydrogens (tertiary/aromatic N) is 3. The van der Waals surface area contributed by atoms with Crippen LogP contribution in [0.1, 0.15) is 0 Å². The fourth-order valence-electron chi connectivity index (χ4n) is 1.89. The van der Waals surface area contributed by atoms with Gasteiger partial charge in [0.1, 0.15) is 0 Å². The van der Waals surface area contributed by atoms with Gasteiger partial charge in [0.15, 0.2) is 10.8 Å². The molecule has 3 rings (SSSR count). The Bertz CT molecular complexity index is 862.